The first-order chi connectivity index (χ1) is 13.0. The Morgan fingerprint density at radius 3 is 2.33 bits per heavy atom. The number of hydrogen-bond acceptors (Lipinski definition) is 2. The Kier molecular flexibility index (Phi) is 6.26. The monoisotopic (exact) mass is 422 g/mol. The van der Waals surface area contributed by atoms with Crippen molar-refractivity contribution >= 4 is 52.2 Å². The third kappa shape index (κ3) is 4.75. The zero-order valence-electron chi connectivity index (χ0n) is 14.5. The van der Waals surface area contributed by atoms with Crippen LogP contribution >= 0.6 is 34.8 Å². The molecule has 140 valence electrons. The van der Waals surface area contributed by atoms with Gasteiger partial charge in [-0.25, -0.2) is 9.48 Å². The summed E-state index contributed by atoms with van der Waals surface area (Å²) < 4.78 is 1.80. The second-order valence-corrected chi connectivity index (χ2v) is 7.13. The molecule has 0 saturated carbocycles. The van der Waals surface area contributed by atoms with Crippen LogP contribution in [0.2, 0.25) is 15.1 Å². The van der Waals surface area contributed by atoms with Crippen LogP contribution in [0.4, 0.5) is 16.2 Å². The van der Waals surface area contributed by atoms with Gasteiger partial charge in [-0.1, -0.05) is 48.1 Å². The summed E-state index contributed by atoms with van der Waals surface area (Å²) in [5, 5.41) is 11.5. The number of rotatable bonds is 5. The summed E-state index contributed by atoms with van der Waals surface area (Å²) >= 11 is 17.9. The molecule has 27 heavy (non-hydrogen) atoms. The Morgan fingerprint density at radius 1 is 1.00 bits per heavy atom. The summed E-state index contributed by atoms with van der Waals surface area (Å²) in [5.74, 6) is 0. The topological polar surface area (TPSA) is 59.0 Å². The largest absolute Gasteiger partial charge is 0.323 e. The fourth-order valence-electron chi connectivity index (χ4n) is 2.63. The molecule has 0 saturated heterocycles. The predicted molar refractivity (Wildman–Crippen MR) is 112 cm³/mol. The van der Waals surface area contributed by atoms with Gasteiger partial charge in [0.15, 0.2) is 0 Å². The minimum absolute atomic E-state index is 0.364. The summed E-state index contributed by atoms with van der Waals surface area (Å²) in [4.78, 5) is 12.4. The molecule has 0 bridgehead atoms. The molecular formula is C19H17Cl3N4O. The van der Waals surface area contributed by atoms with Crippen molar-refractivity contribution in [2.24, 2.45) is 0 Å². The SMILES string of the molecule is CCCc1c(NC(=O)Nc2ccc(Cl)cc2Cl)cnn1-c1ccc(Cl)cc1. The van der Waals surface area contributed by atoms with Crippen molar-refractivity contribution < 1.29 is 4.79 Å². The van der Waals surface area contributed by atoms with Crippen LogP contribution in [0.15, 0.2) is 48.7 Å². The Hall–Kier alpha value is -2.21. The molecule has 5 nitrogen and oxygen atoms in total. The molecule has 0 unspecified atom stereocenters. The third-order valence-corrected chi connectivity index (χ3v) is 4.65. The number of carbonyl (C=O) groups is 1. The molecule has 0 aliphatic heterocycles. The van der Waals surface area contributed by atoms with Gasteiger partial charge in [0.25, 0.3) is 0 Å². The number of urea groups is 1. The molecule has 2 N–H and O–H groups in total. The second kappa shape index (κ2) is 8.65. The highest BCUT2D eigenvalue weighted by molar-refractivity contribution is 6.36. The standard InChI is InChI=1S/C19H17Cl3N4O/c1-2-3-18-17(11-23-26(18)14-7-4-12(20)5-8-14)25-19(27)24-16-9-6-13(21)10-15(16)22/h4-11H,2-3H2,1H3,(H2,24,25,27). The maximum Gasteiger partial charge on any atom is 0.323 e. The first kappa shape index (κ1) is 19.5. The molecule has 0 radical (unpaired) electrons. The van der Waals surface area contributed by atoms with Crippen molar-refractivity contribution in [3.63, 3.8) is 0 Å². The highest BCUT2D eigenvalue weighted by Crippen LogP contribution is 2.26. The normalized spacial score (nSPS) is 10.7. The van der Waals surface area contributed by atoms with Gasteiger partial charge in [-0.15, -0.1) is 0 Å². The highest BCUT2D eigenvalue weighted by Gasteiger charge is 2.15. The number of halogens is 3. The van der Waals surface area contributed by atoms with E-state index in [9.17, 15) is 4.79 Å². The van der Waals surface area contributed by atoms with Gasteiger partial charge in [-0.05, 0) is 48.9 Å². The van der Waals surface area contributed by atoms with E-state index in [0.29, 0.717) is 26.4 Å². The van der Waals surface area contributed by atoms with Crippen LogP contribution in [0.3, 0.4) is 0 Å². The van der Waals surface area contributed by atoms with E-state index in [0.717, 1.165) is 24.2 Å². The molecule has 8 heteroatoms. The van der Waals surface area contributed by atoms with E-state index in [1.165, 1.54) is 0 Å². The van der Waals surface area contributed by atoms with E-state index in [1.807, 2.05) is 12.1 Å². The van der Waals surface area contributed by atoms with Crippen LogP contribution in [0.1, 0.15) is 19.0 Å². The predicted octanol–water partition coefficient (Wildman–Crippen LogP) is 6.43. The average Bonchev–Trinajstić information content (AvgIpc) is 3.01. The van der Waals surface area contributed by atoms with Crippen molar-refractivity contribution in [1.29, 1.82) is 0 Å². The Morgan fingerprint density at radius 2 is 1.67 bits per heavy atom. The first-order valence-electron chi connectivity index (χ1n) is 8.34. The van der Waals surface area contributed by atoms with E-state index < -0.39 is 6.03 Å². The van der Waals surface area contributed by atoms with Crippen LogP contribution in [0, 0.1) is 0 Å². The smallest absolute Gasteiger partial charge is 0.306 e. The summed E-state index contributed by atoms with van der Waals surface area (Å²) in [6, 6.07) is 11.8. The van der Waals surface area contributed by atoms with Gasteiger partial charge < -0.3 is 10.6 Å². The van der Waals surface area contributed by atoms with Crippen LogP contribution in [-0.4, -0.2) is 15.8 Å². The Labute approximate surface area is 172 Å². The van der Waals surface area contributed by atoms with Crippen LogP contribution < -0.4 is 10.6 Å². The first-order valence-corrected chi connectivity index (χ1v) is 9.47. The van der Waals surface area contributed by atoms with Crippen molar-refractivity contribution in [2.45, 2.75) is 19.8 Å². The van der Waals surface area contributed by atoms with Crippen LogP contribution in [-0.2, 0) is 6.42 Å². The number of carbonyl (C=O) groups excluding carboxylic acids is 1. The zero-order valence-corrected chi connectivity index (χ0v) is 16.7. The Bertz CT molecular complexity index is 954. The third-order valence-electron chi connectivity index (χ3n) is 3.85. The van der Waals surface area contributed by atoms with Crippen molar-refractivity contribution in [3.8, 4) is 5.69 Å². The number of nitrogens with one attached hydrogen (secondary N) is 2. The molecule has 2 amide bonds. The van der Waals surface area contributed by atoms with Gasteiger partial charge >= 0.3 is 6.03 Å². The summed E-state index contributed by atoms with van der Waals surface area (Å²) in [6.45, 7) is 2.07. The molecule has 1 aromatic heterocycles. The van der Waals surface area contributed by atoms with E-state index in [-0.39, 0.29) is 0 Å². The van der Waals surface area contributed by atoms with E-state index in [2.05, 4.69) is 22.7 Å². The molecule has 2 aromatic carbocycles. The molecule has 1 heterocycles. The summed E-state index contributed by atoms with van der Waals surface area (Å²) in [6.07, 6.45) is 3.28. The number of nitrogens with zero attached hydrogens (tertiary/aromatic N) is 2. The molecule has 0 fully saturated rings. The molecule has 0 spiro atoms. The molecule has 0 aliphatic rings. The average molecular weight is 424 g/mol. The van der Waals surface area contributed by atoms with Gasteiger partial charge in [-0.3, -0.25) is 0 Å². The summed E-state index contributed by atoms with van der Waals surface area (Å²) in [5.41, 5.74) is 2.88. The van der Waals surface area contributed by atoms with Crippen molar-refractivity contribution in [1.82, 2.24) is 9.78 Å². The van der Waals surface area contributed by atoms with Gasteiger partial charge in [0.1, 0.15) is 0 Å². The number of hydrogen-bond donors (Lipinski definition) is 2. The molecular weight excluding hydrogens is 407 g/mol. The van der Waals surface area contributed by atoms with Crippen molar-refractivity contribution in [3.05, 3.63) is 69.4 Å². The lowest BCUT2D eigenvalue weighted by Gasteiger charge is -2.11. The minimum atomic E-state index is -0.410. The van der Waals surface area contributed by atoms with E-state index in [4.69, 9.17) is 34.8 Å². The van der Waals surface area contributed by atoms with Crippen molar-refractivity contribution in [2.75, 3.05) is 10.6 Å². The fraction of sp³-hybridized carbons (Fsp3) is 0.158. The van der Waals surface area contributed by atoms with Gasteiger partial charge in [0.2, 0.25) is 0 Å². The molecule has 0 aliphatic carbocycles. The van der Waals surface area contributed by atoms with Gasteiger partial charge in [0.05, 0.1) is 34.0 Å². The lowest BCUT2D eigenvalue weighted by atomic mass is 10.2. The highest BCUT2D eigenvalue weighted by atomic mass is 35.5. The quantitative estimate of drug-likeness (QED) is 0.497. The number of anilines is 2. The second-order valence-electron chi connectivity index (χ2n) is 5.85. The maximum atomic E-state index is 12.4. The Balaban J connectivity index is 1.81. The molecule has 3 rings (SSSR count). The molecule has 0 atom stereocenters. The fourth-order valence-corrected chi connectivity index (χ4v) is 3.21. The lowest BCUT2D eigenvalue weighted by Crippen LogP contribution is -2.20. The van der Waals surface area contributed by atoms with E-state index >= 15 is 0 Å². The van der Waals surface area contributed by atoms with Gasteiger partial charge in [0, 0.05) is 10.0 Å². The zero-order chi connectivity index (χ0) is 19.4. The van der Waals surface area contributed by atoms with Crippen LogP contribution in [0.25, 0.3) is 5.69 Å². The molecule has 3 aromatic rings. The lowest BCUT2D eigenvalue weighted by molar-refractivity contribution is 0.262. The maximum absolute atomic E-state index is 12.4. The number of benzene rings is 2. The number of amides is 2. The number of aromatic nitrogens is 2. The van der Waals surface area contributed by atoms with Crippen LogP contribution in [0.5, 0.6) is 0 Å². The minimum Gasteiger partial charge on any atom is -0.306 e. The van der Waals surface area contributed by atoms with E-state index in [1.54, 1.807) is 41.2 Å². The summed E-state index contributed by atoms with van der Waals surface area (Å²) in [7, 11) is 0. The van der Waals surface area contributed by atoms with Gasteiger partial charge in [-0.2, -0.15) is 5.10 Å².